The van der Waals surface area contributed by atoms with E-state index in [4.69, 9.17) is 0 Å². The van der Waals surface area contributed by atoms with Crippen molar-refractivity contribution >= 4 is 8.19 Å². The maximum Gasteiger partial charge on any atom is 1.00 e. The monoisotopic (exact) mass is 192 g/mol. The van der Waals surface area contributed by atoms with Crippen LogP contribution in [0.15, 0.2) is 42.2 Å². The summed E-state index contributed by atoms with van der Waals surface area (Å²) < 4.78 is 0. The molecule has 0 saturated carbocycles. The maximum atomic E-state index is 2.23. The van der Waals surface area contributed by atoms with E-state index in [0.717, 1.165) is 6.42 Å². The molecule has 1 aromatic heterocycles. The number of fused-ring (bicyclic) bond motifs is 3. The Morgan fingerprint density at radius 2 is 1.79 bits per heavy atom. The van der Waals surface area contributed by atoms with Crippen LogP contribution in [0.1, 0.15) is 12.3 Å². The van der Waals surface area contributed by atoms with E-state index < -0.39 is 0 Å². The molecule has 0 amide bonds. The number of hydrogen-bond acceptors (Lipinski definition) is 0. The molecule has 14 heavy (non-hydrogen) atoms. The van der Waals surface area contributed by atoms with Crippen LogP contribution in [-0.2, 0) is 6.42 Å². The average molecular weight is 192 g/mol. The summed E-state index contributed by atoms with van der Waals surface area (Å²) in [6.45, 7) is 0. The van der Waals surface area contributed by atoms with Gasteiger partial charge in [0.25, 0.3) is 0 Å². The van der Waals surface area contributed by atoms with E-state index in [1.165, 1.54) is 24.9 Å². The van der Waals surface area contributed by atoms with Gasteiger partial charge in [-0.3, -0.25) is 0 Å². The Kier molecular flexibility index (Phi) is 2.80. The zero-order chi connectivity index (χ0) is 8.67. The van der Waals surface area contributed by atoms with Crippen LogP contribution in [0.4, 0.5) is 0 Å². The van der Waals surface area contributed by atoms with E-state index >= 15 is 0 Å². The smallest absolute Gasteiger partial charge is 1.00 e. The Morgan fingerprint density at radius 1 is 1.00 bits per heavy atom. The van der Waals surface area contributed by atoms with Crippen LogP contribution >= 0.6 is 8.19 Å². The zero-order valence-electron chi connectivity index (χ0n) is 9.20. The fraction of sp³-hybridized carbons (Fsp3) is 0.0833. The molecule has 1 aliphatic carbocycles. The molecule has 1 aliphatic rings. The van der Waals surface area contributed by atoms with Crippen molar-refractivity contribution in [3.63, 3.8) is 0 Å². The molecule has 0 unspecified atom stereocenters. The third-order valence-corrected chi connectivity index (χ3v) is 3.59. The summed E-state index contributed by atoms with van der Waals surface area (Å²) >= 11 is 0. The quantitative estimate of drug-likeness (QED) is 0.465. The van der Waals surface area contributed by atoms with Gasteiger partial charge in [-0.05, 0) is 27.8 Å². The van der Waals surface area contributed by atoms with Crippen molar-refractivity contribution in [3.8, 4) is 11.1 Å². The molecule has 1 heterocycles. The van der Waals surface area contributed by atoms with Crippen LogP contribution < -0.4 is 18.9 Å². The van der Waals surface area contributed by atoms with Gasteiger partial charge in [0.05, 0.1) is 0 Å². The number of rotatable bonds is 0. The Labute approximate surface area is 99.1 Å². The Balaban J connectivity index is 0.000000562. The van der Waals surface area contributed by atoms with Crippen LogP contribution in [0, 0.1) is 0 Å². The van der Waals surface area contributed by atoms with Crippen LogP contribution in [0.25, 0.3) is 11.1 Å². The first-order chi connectivity index (χ1) is 6.45. The van der Waals surface area contributed by atoms with Crippen LogP contribution in [0.3, 0.4) is 0 Å². The van der Waals surface area contributed by atoms with Gasteiger partial charge in [0, 0.05) is 6.42 Å². The van der Waals surface area contributed by atoms with Crippen molar-refractivity contribution in [1.29, 1.82) is 0 Å². The summed E-state index contributed by atoms with van der Waals surface area (Å²) in [5, 5.41) is 1.56. The summed E-state index contributed by atoms with van der Waals surface area (Å²) in [4.78, 5) is 0. The minimum atomic E-state index is 0. The second-order valence-electron chi connectivity index (χ2n) is 3.33. The molecular formula is C12H10LiP. The molecule has 3 rings (SSSR count). The fourth-order valence-electron chi connectivity index (χ4n) is 1.94. The number of hydrogen-bond donors (Lipinski definition) is 0. The van der Waals surface area contributed by atoms with Crippen molar-refractivity contribution < 1.29 is 20.3 Å². The molecule has 2 heteroatoms. The molecule has 0 atom stereocenters. The van der Waals surface area contributed by atoms with Crippen LogP contribution in [-0.4, -0.2) is 0 Å². The van der Waals surface area contributed by atoms with Crippen molar-refractivity contribution in [2.75, 3.05) is 0 Å². The fourth-order valence-corrected chi connectivity index (χ4v) is 2.89. The van der Waals surface area contributed by atoms with E-state index in [2.05, 4.69) is 42.2 Å². The molecule has 0 bridgehead atoms. The summed E-state index contributed by atoms with van der Waals surface area (Å²) in [7, 11) is 1.38. The van der Waals surface area contributed by atoms with Gasteiger partial charge in [0.15, 0.2) is 0 Å². The van der Waals surface area contributed by atoms with Gasteiger partial charge in [-0.1, -0.05) is 44.6 Å². The van der Waals surface area contributed by atoms with E-state index in [-0.39, 0.29) is 20.3 Å². The van der Waals surface area contributed by atoms with E-state index in [9.17, 15) is 0 Å². The number of benzene rings is 1. The largest absolute Gasteiger partial charge is 1.00 e. The Morgan fingerprint density at radius 3 is 2.71 bits per heavy atom. The molecule has 0 spiro atoms. The second-order valence-corrected chi connectivity index (χ2v) is 4.43. The molecule has 1 aromatic carbocycles. The summed E-state index contributed by atoms with van der Waals surface area (Å²) in [5.41, 5.74) is 4.38. The first-order valence-electron chi connectivity index (χ1n) is 4.47. The van der Waals surface area contributed by atoms with Crippen LogP contribution in [0.2, 0.25) is 0 Å². The minimum Gasteiger partial charge on any atom is -1.00 e. The molecule has 0 N–H and O–H groups in total. The van der Waals surface area contributed by atoms with E-state index in [1.807, 2.05) is 0 Å². The van der Waals surface area contributed by atoms with Gasteiger partial charge >= 0.3 is 18.9 Å². The third-order valence-electron chi connectivity index (χ3n) is 2.56. The van der Waals surface area contributed by atoms with Crippen molar-refractivity contribution in [2.24, 2.45) is 0 Å². The standard InChI is InChI=1S/C12H9P.Li.H/c1-2-5-10-9(4-1)8-12-11(10)6-3-7-13-12;;/h1-7H,8H2;;/q;+1;-1. The molecule has 64 valence electrons. The SMILES string of the molecule is [H-].[Li+].c1ccc2c(c1)Cc1pcccc1-2. The Bertz CT molecular complexity index is 427. The molecule has 2 aromatic rings. The predicted octanol–water partition coefficient (Wildman–Crippen LogP) is 0.954. The Hall–Kier alpha value is -0.533. The van der Waals surface area contributed by atoms with Gasteiger partial charge in [-0.15, -0.1) is 0 Å². The molecular weight excluding hydrogens is 182 g/mol. The first kappa shape index (κ1) is 10.0. The second kappa shape index (κ2) is 3.91. The normalized spacial score (nSPS) is 12.0. The van der Waals surface area contributed by atoms with Crippen molar-refractivity contribution in [3.05, 3.63) is 53.1 Å². The van der Waals surface area contributed by atoms with Gasteiger partial charge < -0.3 is 1.43 Å². The summed E-state index contributed by atoms with van der Waals surface area (Å²) in [6.07, 6.45) is 1.15. The predicted molar refractivity (Wildman–Crippen MR) is 58.3 cm³/mol. The molecule has 0 aliphatic heterocycles. The van der Waals surface area contributed by atoms with Gasteiger partial charge in [-0.25, -0.2) is 0 Å². The molecule has 0 nitrogen and oxygen atoms in total. The topological polar surface area (TPSA) is 0 Å². The first-order valence-corrected chi connectivity index (χ1v) is 5.44. The van der Waals surface area contributed by atoms with Crippen LogP contribution in [0.5, 0.6) is 0 Å². The van der Waals surface area contributed by atoms with E-state index in [1.54, 1.807) is 5.30 Å². The third kappa shape index (κ3) is 1.45. The van der Waals surface area contributed by atoms with E-state index in [0.29, 0.717) is 0 Å². The molecule has 0 fully saturated rings. The average Bonchev–Trinajstić information content (AvgIpc) is 2.56. The van der Waals surface area contributed by atoms with Crippen molar-refractivity contribution in [2.45, 2.75) is 6.42 Å². The summed E-state index contributed by atoms with van der Waals surface area (Å²) in [5.74, 6) is 2.21. The van der Waals surface area contributed by atoms with Gasteiger partial charge in [0.1, 0.15) is 0 Å². The molecule has 0 saturated heterocycles. The zero-order valence-corrected chi connectivity index (χ0v) is 9.09. The minimum absolute atomic E-state index is 0. The summed E-state index contributed by atoms with van der Waals surface area (Å²) in [6, 6.07) is 13.1. The van der Waals surface area contributed by atoms with Crippen molar-refractivity contribution in [1.82, 2.24) is 0 Å². The van der Waals surface area contributed by atoms with Gasteiger partial charge in [-0.2, -0.15) is 0 Å². The van der Waals surface area contributed by atoms with Gasteiger partial charge in [0.2, 0.25) is 0 Å². The molecule has 0 radical (unpaired) electrons. The maximum absolute atomic E-state index is 2.23.